The molecule has 9 nitrogen and oxygen atoms in total. The van der Waals surface area contributed by atoms with Crippen LogP contribution in [0.5, 0.6) is 5.75 Å². The topological polar surface area (TPSA) is 152 Å². The van der Waals surface area contributed by atoms with Crippen LogP contribution in [-0.4, -0.2) is 68.7 Å². The number of cyclic esters (lactones) is 1. The number of nitrogen functional groups attached to an aromatic ring is 1. The van der Waals surface area contributed by atoms with E-state index in [0.717, 1.165) is 0 Å². The molecule has 0 radical (unpaired) electrons. The van der Waals surface area contributed by atoms with Crippen molar-refractivity contribution in [2.24, 2.45) is 0 Å². The van der Waals surface area contributed by atoms with Crippen LogP contribution in [-0.2, 0) is 14.3 Å². The zero-order valence-corrected chi connectivity index (χ0v) is 16.7. The van der Waals surface area contributed by atoms with E-state index in [1.54, 1.807) is 42.5 Å². The van der Waals surface area contributed by atoms with Gasteiger partial charge in [-0.05, 0) is 35.9 Å². The number of ether oxygens (including phenoxy) is 1. The van der Waals surface area contributed by atoms with Crippen molar-refractivity contribution in [3.05, 3.63) is 60.2 Å². The van der Waals surface area contributed by atoms with Crippen molar-refractivity contribution in [1.29, 1.82) is 0 Å². The first-order chi connectivity index (χ1) is 15.3. The molecule has 1 aliphatic rings. The normalized spacial score (nSPS) is 14.8. The molecule has 0 spiro atoms. The van der Waals surface area contributed by atoms with Gasteiger partial charge in [0.15, 0.2) is 6.10 Å². The van der Waals surface area contributed by atoms with Gasteiger partial charge >= 0.3 is 41.5 Å². The quantitative estimate of drug-likeness (QED) is 0.337. The molecule has 1 atom stereocenters. The molecule has 1 amide bonds. The summed E-state index contributed by atoms with van der Waals surface area (Å²) in [5, 5.41) is 22.6. The first-order valence-electron chi connectivity index (χ1n) is 9.76. The summed E-state index contributed by atoms with van der Waals surface area (Å²) in [5.41, 5.74) is 7.60. The predicted molar refractivity (Wildman–Crippen MR) is 123 cm³/mol. The first kappa shape index (κ1) is 24.2. The molecule has 164 valence electrons. The fraction of sp³-hybridized carbons (Fsp3) is 0.130. The third-order valence-corrected chi connectivity index (χ3v) is 5.06. The number of phenols is 1. The molecule has 0 bridgehead atoms. The number of carboxylic acid groups (broad SMARTS) is 1. The van der Waals surface area contributed by atoms with E-state index >= 15 is 0 Å². The Morgan fingerprint density at radius 1 is 1.09 bits per heavy atom. The molecule has 33 heavy (non-hydrogen) atoms. The van der Waals surface area contributed by atoms with Gasteiger partial charge in [-0.25, -0.2) is 9.78 Å². The van der Waals surface area contributed by atoms with Crippen molar-refractivity contribution < 1.29 is 29.3 Å². The van der Waals surface area contributed by atoms with Gasteiger partial charge in [0, 0.05) is 29.7 Å². The van der Waals surface area contributed by atoms with Gasteiger partial charge in [-0.15, -0.1) is 0 Å². The van der Waals surface area contributed by atoms with Gasteiger partial charge in [0.2, 0.25) is 0 Å². The number of hydrogen-bond donors (Lipinski definition) is 4. The molecule has 0 aliphatic carbocycles. The number of nitrogens with two attached hydrogens (primary N) is 1. The van der Waals surface area contributed by atoms with E-state index in [2.05, 4.69) is 10.3 Å². The summed E-state index contributed by atoms with van der Waals surface area (Å²) in [7, 11) is 0. The Morgan fingerprint density at radius 2 is 1.85 bits per heavy atom. The Hall–Kier alpha value is -3.40. The second-order valence-electron chi connectivity index (χ2n) is 7.22. The molecule has 1 unspecified atom stereocenters. The second kappa shape index (κ2) is 10.0. The maximum absolute atomic E-state index is 12.4. The number of esters is 1. The average Bonchev–Trinajstić information content (AvgIpc) is 3.20. The van der Waals surface area contributed by atoms with Crippen molar-refractivity contribution in [2.75, 3.05) is 11.1 Å². The van der Waals surface area contributed by atoms with E-state index in [0.29, 0.717) is 28.9 Å². The number of benzene rings is 2. The van der Waals surface area contributed by atoms with Crippen LogP contribution >= 0.6 is 0 Å². The van der Waals surface area contributed by atoms with E-state index in [1.807, 2.05) is 0 Å². The molecule has 1 aromatic heterocycles. The van der Waals surface area contributed by atoms with E-state index in [4.69, 9.17) is 10.5 Å². The van der Waals surface area contributed by atoms with Crippen LogP contribution < -0.4 is 11.1 Å². The van der Waals surface area contributed by atoms with Crippen LogP contribution in [0.2, 0.25) is 0 Å². The molecule has 1 fully saturated rings. The molecule has 3 aromatic rings. The molecule has 10 heteroatoms. The molecular formula is C23H20N3NaO6. The number of amides is 1. The van der Waals surface area contributed by atoms with E-state index in [-0.39, 0.29) is 58.7 Å². The number of carboxylic acids is 1. The van der Waals surface area contributed by atoms with Gasteiger partial charge in [-0.1, -0.05) is 24.3 Å². The molecule has 2 aromatic carbocycles. The fourth-order valence-corrected chi connectivity index (χ4v) is 3.54. The van der Waals surface area contributed by atoms with Crippen LogP contribution in [0.15, 0.2) is 54.6 Å². The van der Waals surface area contributed by atoms with Crippen LogP contribution in [0.25, 0.3) is 22.4 Å². The van der Waals surface area contributed by atoms with Crippen molar-refractivity contribution >= 4 is 58.9 Å². The summed E-state index contributed by atoms with van der Waals surface area (Å²) in [6.45, 7) is 0. The third kappa shape index (κ3) is 5.16. The van der Waals surface area contributed by atoms with Gasteiger partial charge in [0.25, 0.3) is 5.91 Å². The minimum absolute atomic E-state index is 0. The van der Waals surface area contributed by atoms with E-state index in [9.17, 15) is 24.6 Å². The van der Waals surface area contributed by atoms with Gasteiger partial charge in [-0.2, -0.15) is 0 Å². The molecule has 1 aliphatic heterocycles. The Labute approximate surface area is 210 Å². The fourth-order valence-electron chi connectivity index (χ4n) is 3.54. The number of aromatic carboxylic acids is 1. The number of rotatable bonds is 5. The number of carbonyl (C=O) groups excluding carboxylic acids is 2. The number of pyridine rings is 1. The number of aromatic hydroxyl groups is 1. The van der Waals surface area contributed by atoms with Crippen LogP contribution in [0.1, 0.15) is 23.2 Å². The predicted octanol–water partition coefficient (Wildman–Crippen LogP) is 2.40. The summed E-state index contributed by atoms with van der Waals surface area (Å²) in [5.74, 6) is -2.38. The van der Waals surface area contributed by atoms with Gasteiger partial charge in [0.1, 0.15) is 17.1 Å². The number of anilines is 2. The van der Waals surface area contributed by atoms with E-state index < -0.39 is 23.9 Å². The number of hydrogen-bond acceptors (Lipinski definition) is 7. The van der Waals surface area contributed by atoms with E-state index in [1.165, 1.54) is 12.1 Å². The summed E-state index contributed by atoms with van der Waals surface area (Å²) in [4.78, 5) is 39.7. The van der Waals surface area contributed by atoms with Gasteiger partial charge in [-0.3, -0.25) is 9.59 Å². The Balaban J connectivity index is 0.00000306. The van der Waals surface area contributed by atoms with Gasteiger partial charge in [0.05, 0.1) is 5.69 Å². The molecule has 0 saturated carbocycles. The third-order valence-electron chi connectivity index (χ3n) is 5.06. The van der Waals surface area contributed by atoms with Crippen LogP contribution in [0.4, 0.5) is 11.5 Å². The van der Waals surface area contributed by atoms with Gasteiger partial charge < -0.3 is 26.0 Å². The molecule has 5 N–H and O–H groups in total. The summed E-state index contributed by atoms with van der Waals surface area (Å²) in [6, 6.07) is 14.6. The number of phenolic OH excluding ortho intramolecular Hbond substituents is 1. The second-order valence-corrected chi connectivity index (χ2v) is 7.22. The molecular weight excluding hydrogens is 437 g/mol. The molecule has 4 rings (SSSR count). The van der Waals surface area contributed by atoms with Crippen LogP contribution in [0.3, 0.4) is 0 Å². The van der Waals surface area contributed by atoms with Crippen molar-refractivity contribution in [2.45, 2.75) is 18.9 Å². The van der Waals surface area contributed by atoms with Crippen LogP contribution in [0, 0.1) is 0 Å². The first-order valence-corrected chi connectivity index (χ1v) is 9.76. The van der Waals surface area contributed by atoms with Crippen molar-refractivity contribution in [3.63, 3.8) is 0 Å². The minimum atomic E-state index is -1.26. The monoisotopic (exact) mass is 457 g/mol. The van der Waals surface area contributed by atoms with Crippen molar-refractivity contribution in [1.82, 2.24) is 4.98 Å². The Kier molecular flexibility index (Phi) is 7.37. The molecule has 2 heterocycles. The Morgan fingerprint density at radius 3 is 2.52 bits per heavy atom. The maximum atomic E-state index is 12.4. The summed E-state index contributed by atoms with van der Waals surface area (Å²) >= 11 is 0. The number of nitrogens with zero attached hydrogens (tertiary/aromatic N) is 1. The zero-order chi connectivity index (χ0) is 22.8. The number of para-hydroxylation sites is 1. The summed E-state index contributed by atoms with van der Waals surface area (Å²) in [6.07, 6.45) is -0.367. The molecule has 1 saturated heterocycles. The Bertz CT molecular complexity index is 1250. The number of nitrogens with one attached hydrogen (secondary N) is 1. The number of carbonyl (C=O) groups is 3. The standard InChI is InChI=1S/C23H19N3O6.Na.H/c24-21-20(23(30)31)15(11-16(26-21)14-6-1-2-7-17(14)27)12-4-3-5-13(10-12)25-22(29)18-8-9-19(28)32-18;;/h1-7,10-11,18,27H,8-9H2,(H2,24,26)(H,25,29)(H,30,31);;. The summed E-state index contributed by atoms with van der Waals surface area (Å²) < 4.78 is 4.98. The number of aromatic nitrogens is 1. The zero-order valence-electron chi connectivity index (χ0n) is 16.7. The van der Waals surface area contributed by atoms with Crippen molar-refractivity contribution in [3.8, 4) is 28.1 Å². The SMILES string of the molecule is Nc1nc(-c2ccccc2O)cc(-c2cccc(NC(=O)C3CCC(=O)O3)c2)c1C(=O)O.[NaH]. The average molecular weight is 457 g/mol.